The van der Waals surface area contributed by atoms with Crippen molar-refractivity contribution in [3.05, 3.63) is 116 Å². The van der Waals surface area contributed by atoms with Crippen molar-refractivity contribution in [3.63, 3.8) is 0 Å². The average Bonchev–Trinajstić information content (AvgIpc) is 3.75. The van der Waals surface area contributed by atoms with E-state index in [0.717, 1.165) is 23.2 Å². The van der Waals surface area contributed by atoms with Gasteiger partial charge >= 0.3 is 0 Å². The summed E-state index contributed by atoms with van der Waals surface area (Å²) in [6, 6.07) is 17.4. The van der Waals surface area contributed by atoms with Crippen molar-refractivity contribution in [2.75, 3.05) is 13.1 Å². The number of hydrogen-bond donors (Lipinski definition) is 2. The Morgan fingerprint density at radius 1 is 1.08 bits per heavy atom. The molecule has 7 rings (SSSR count). The van der Waals surface area contributed by atoms with E-state index in [-0.39, 0.29) is 29.7 Å². The van der Waals surface area contributed by atoms with Crippen molar-refractivity contribution in [1.82, 2.24) is 45.0 Å². The van der Waals surface area contributed by atoms with Gasteiger partial charge in [0, 0.05) is 59.5 Å². The molecule has 2 amide bonds. The van der Waals surface area contributed by atoms with E-state index in [2.05, 4.69) is 25.8 Å². The average molecular weight is 685 g/mol. The maximum absolute atomic E-state index is 13.9. The molecule has 14 heteroatoms. The lowest BCUT2D eigenvalue weighted by Gasteiger charge is -2.43. The molecule has 2 aliphatic rings. The summed E-state index contributed by atoms with van der Waals surface area (Å²) < 4.78 is 3.30. The van der Waals surface area contributed by atoms with E-state index >= 15 is 0 Å². The first kappa shape index (κ1) is 31.5. The Balaban J connectivity index is 1.15. The Labute approximate surface area is 285 Å². The second kappa shape index (κ2) is 13.2. The third-order valence-corrected chi connectivity index (χ3v) is 9.37. The van der Waals surface area contributed by atoms with E-state index in [1.165, 1.54) is 17.1 Å². The van der Waals surface area contributed by atoms with Gasteiger partial charge in [0.1, 0.15) is 23.0 Å². The minimum Gasteiger partial charge on any atom is -0.342 e. The Morgan fingerprint density at radius 2 is 1.92 bits per heavy atom. The summed E-state index contributed by atoms with van der Waals surface area (Å²) in [5.41, 5.74) is 4.59. The summed E-state index contributed by atoms with van der Waals surface area (Å²) in [6.45, 7) is 3.58. The van der Waals surface area contributed by atoms with Gasteiger partial charge in [0.25, 0.3) is 5.56 Å². The van der Waals surface area contributed by atoms with Crippen LogP contribution in [-0.2, 0) is 16.1 Å². The first-order valence-corrected chi connectivity index (χ1v) is 16.3. The molecule has 0 saturated carbocycles. The van der Waals surface area contributed by atoms with Crippen LogP contribution in [0.5, 0.6) is 0 Å². The molecule has 1 saturated heterocycles. The highest BCUT2D eigenvalue weighted by Gasteiger charge is 2.37. The molecule has 5 heterocycles. The van der Waals surface area contributed by atoms with Crippen LogP contribution in [0, 0.1) is 12.8 Å². The van der Waals surface area contributed by atoms with Crippen molar-refractivity contribution in [2.45, 2.75) is 38.3 Å². The van der Waals surface area contributed by atoms with Crippen molar-refractivity contribution in [1.29, 1.82) is 0 Å². The predicted octanol–water partition coefficient (Wildman–Crippen LogP) is 4.74. The van der Waals surface area contributed by atoms with E-state index in [9.17, 15) is 14.4 Å². The van der Waals surface area contributed by atoms with Gasteiger partial charge in [-0.1, -0.05) is 59.1 Å². The molecule has 5 aromatic rings. The topological polar surface area (TPSA) is 144 Å². The molecule has 48 heavy (non-hydrogen) atoms. The number of nitrogens with zero attached hydrogens (tertiary/aromatic N) is 7. The van der Waals surface area contributed by atoms with Gasteiger partial charge in [0.2, 0.25) is 11.8 Å². The van der Waals surface area contributed by atoms with Crippen molar-refractivity contribution in [3.8, 4) is 16.9 Å². The first-order valence-electron chi connectivity index (χ1n) is 15.5. The number of carbonyl (C=O) groups is 2. The number of rotatable bonds is 8. The smallest absolute Gasteiger partial charge is 0.250 e. The SMILES string of the molecule is Cc1ccc(-c2nc([C@H](CC(=O)N3C[C@@H]4C[C@H](C3)c3cccc(=O)n3C4)NC(=O)/C=C/c3cc(Cl)ccc3-n3cnnn3)[nH]c2Cl)cc1. The summed E-state index contributed by atoms with van der Waals surface area (Å²) in [4.78, 5) is 49.6. The maximum Gasteiger partial charge on any atom is 0.250 e. The fourth-order valence-electron chi connectivity index (χ4n) is 6.58. The summed E-state index contributed by atoms with van der Waals surface area (Å²) in [6.07, 6.45) is 5.28. The molecular formula is C34H31Cl2N9O3. The number of hydrogen-bond acceptors (Lipinski definition) is 7. The number of piperidine rings is 1. The fraction of sp³-hybridized carbons (Fsp3) is 0.265. The zero-order valence-corrected chi connectivity index (χ0v) is 27.4. The number of pyridine rings is 1. The Bertz CT molecular complexity index is 2070. The zero-order valence-electron chi connectivity index (χ0n) is 25.9. The molecule has 3 aromatic heterocycles. The number of H-pyrrole nitrogens is 1. The van der Waals surface area contributed by atoms with Crippen LogP contribution in [0.3, 0.4) is 0 Å². The third-order valence-electron chi connectivity index (χ3n) is 8.86. The molecule has 0 aliphatic carbocycles. The lowest BCUT2D eigenvalue weighted by atomic mass is 9.83. The Hall–Kier alpha value is -5.07. The summed E-state index contributed by atoms with van der Waals surface area (Å²) in [5.74, 6) is -0.00865. The number of nitrogens with one attached hydrogen (secondary N) is 2. The summed E-state index contributed by atoms with van der Waals surface area (Å²) in [5, 5.41) is 15.1. The Morgan fingerprint density at radius 3 is 2.71 bits per heavy atom. The fourth-order valence-corrected chi connectivity index (χ4v) is 7.01. The molecule has 0 radical (unpaired) electrons. The number of imidazole rings is 1. The van der Waals surface area contributed by atoms with Crippen LogP contribution in [0.25, 0.3) is 23.0 Å². The number of aryl methyl sites for hydroxylation is 1. The molecule has 244 valence electrons. The van der Waals surface area contributed by atoms with Gasteiger partial charge < -0.3 is 19.8 Å². The molecule has 0 unspecified atom stereocenters. The molecule has 2 aliphatic heterocycles. The number of carbonyl (C=O) groups excluding carboxylic acids is 2. The van der Waals surface area contributed by atoms with Crippen LogP contribution in [-0.4, -0.2) is 64.5 Å². The highest BCUT2D eigenvalue weighted by molar-refractivity contribution is 6.32. The highest BCUT2D eigenvalue weighted by Crippen LogP contribution is 2.36. The summed E-state index contributed by atoms with van der Waals surface area (Å²) >= 11 is 12.9. The van der Waals surface area contributed by atoms with E-state index in [1.54, 1.807) is 36.4 Å². The van der Waals surface area contributed by atoms with Crippen LogP contribution in [0.1, 0.15) is 47.4 Å². The van der Waals surface area contributed by atoms with E-state index in [1.807, 2.05) is 46.7 Å². The predicted molar refractivity (Wildman–Crippen MR) is 181 cm³/mol. The van der Waals surface area contributed by atoms with Crippen LogP contribution < -0.4 is 10.9 Å². The number of halogens is 2. The lowest BCUT2D eigenvalue weighted by molar-refractivity contribution is -0.134. The van der Waals surface area contributed by atoms with Gasteiger partial charge in [-0.3, -0.25) is 14.4 Å². The normalized spacial score (nSPS) is 17.7. The van der Waals surface area contributed by atoms with Gasteiger partial charge in [-0.05, 0) is 60.0 Å². The molecule has 2 aromatic carbocycles. The molecule has 2 N–H and O–H groups in total. The van der Waals surface area contributed by atoms with Gasteiger partial charge in [0.15, 0.2) is 0 Å². The van der Waals surface area contributed by atoms with Gasteiger partial charge in [-0.2, -0.15) is 4.68 Å². The number of amides is 2. The largest absolute Gasteiger partial charge is 0.342 e. The molecule has 1 fully saturated rings. The molecule has 2 bridgehead atoms. The van der Waals surface area contributed by atoms with E-state index < -0.39 is 11.9 Å². The number of likely N-dealkylation sites (tertiary alicyclic amines) is 1. The number of fused-ring (bicyclic) bond motifs is 4. The van der Waals surface area contributed by atoms with Crippen LogP contribution in [0.2, 0.25) is 10.2 Å². The minimum atomic E-state index is -0.818. The zero-order chi connectivity index (χ0) is 33.4. The van der Waals surface area contributed by atoms with Crippen molar-refractivity contribution < 1.29 is 9.59 Å². The second-order valence-corrected chi connectivity index (χ2v) is 13.0. The standard InChI is InChI=1S/C34H31Cl2N9O3/c1-20-5-7-22(8-6-20)32-33(36)40-34(39-32)26(38-29(46)12-9-23-14-25(35)10-11-28(23)45-19-37-41-42-45)15-31(48)43-16-21-13-24(18-43)27-3-2-4-30(47)44(27)17-21/h2-12,14,19,21,24,26H,13,15-18H2,1H3,(H,38,46)(H,39,40)/b12-9+/t21-,24+,26-/m0/s1. The van der Waals surface area contributed by atoms with Crippen molar-refractivity contribution >= 4 is 41.1 Å². The van der Waals surface area contributed by atoms with Crippen molar-refractivity contribution in [2.24, 2.45) is 5.92 Å². The van der Waals surface area contributed by atoms with Crippen LogP contribution in [0.15, 0.2) is 77.9 Å². The highest BCUT2D eigenvalue weighted by atomic mass is 35.5. The Kier molecular flexibility index (Phi) is 8.67. The van der Waals surface area contributed by atoms with Crippen LogP contribution in [0.4, 0.5) is 0 Å². The maximum atomic E-state index is 13.9. The van der Waals surface area contributed by atoms with E-state index in [4.69, 9.17) is 28.2 Å². The number of aromatic nitrogens is 7. The molecule has 3 atom stereocenters. The molecular weight excluding hydrogens is 653 g/mol. The van der Waals surface area contributed by atoms with Gasteiger partial charge in [0.05, 0.1) is 18.2 Å². The second-order valence-electron chi connectivity index (χ2n) is 12.2. The van der Waals surface area contributed by atoms with Gasteiger partial charge in [-0.25, -0.2) is 4.98 Å². The van der Waals surface area contributed by atoms with Crippen LogP contribution >= 0.6 is 23.2 Å². The third kappa shape index (κ3) is 6.54. The number of tetrazole rings is 1. The monoisotopic (exact) mass is 683 g/mol. The van der Waals surface area contributed by atoms with E-state index in [0.29, 0.717) is 52.6 Å². The minimum absolute atomic E-state index is 0.0141. The molecule has 0 spiro atoms. The quantitative estimate of drug-likeness (QED) is 0.225. The lowest BCUT2D eigenvalue weighted by Crippen LogP contribution is -2.49. The summed E-state index contributed by atoms with van der Waals surface area (Å²) in [7, 11) is 0. The first-order chi connectivity index (χ1) is 23.2. The molecule has 12 nitrogen and oxygen atoms in total. The number of benzene rings is 2. The van der Waals surface area contributed by atoms with Gasteiger partial charge in [-0.15, -0.1) is 5.10 Å². The number of aromatic amines is 1.